The average molecular weight is 855 g/mol. The molecule has 1 aliphatic carbocycles. The highest BCUT2D eigenvalue weighted by molar-refractivity contribution is 9.10. The van der Waals surface area contributed by atoms with Crippen LogP contribution in [0.25, 0.3) is 0 Å². The lowest BCUT2D eigenvalue weighted by Gasteiger charge is -2.36. The first-order valence-corrected chi connectivity index (χ1v) is 18.9. The topological polar surface area (TPSA) is 122 Å². The second-order valence-corrected chi connectivity index (χ2v) is 15.4. The predicted octanol–water partition coefficient (Wildman–Crippen LogP) is 10.1. The Morgan fingerprint density at radius 1 is 0.750 bits per heavy atom. The number of rotatable bonds is 9. The van der Waals surface area contributed by atoms with Crippen LogP contribution in [0.5, 0.6) is 23.5 Å². The fourth-order valence-corrected chi connectivity index (χ4v) is 7.46. The lowest BCUT2D eigenvalue weighted by molar-refractivity contribution is -0.139. The predicted molar refractivity (Wildman–Crippen MR) is 196 cm³/mol. The van der Waals surface area contributed by atoms with Crippen LogP contribution in [-0.2, 0) is 18.8 Å². The molecule has 2 aromatic carbocycles. The molecule has 2 fully saturated rings. The van der Waals surface area contributed by atoms with E-state index >= 15 is 0 Å². The van der Waals surface area contributed by atoms with Crippen LogP contribution < -0.4 is 14.4 Å². The minimum Gasteiger partial charge on any atom is -0.424 e. The van der Waals surface area contributed by atoms with Crippen LogP contribution in [-0.4, -0.2) is 52.8 Å². The lowest BCUT2D eigenvalue weighted by Crippen LogP contribution is -2.43. The van der Waals surface area contributed by atoms with Crippen molar-refractivity contribution in [2.24, 2.45) is 17.8 Å². The molecule has 3 atom stereocenters. The molecular weight excluding hydrogens is 812 g/mol. The molecule has 2 aliphatic rings. The standard InChI is InChI=1S/C24H29F3N6O2.C13H13BrF3N3O/c1-13(2)33-23(34-18-8-5-14(3)20(9-18)24(25,26)27)29-21(30-33)10-19-16-6-7-17(19)12-32(11-16)22-28-15(4)31-35-22;1-7(2)20-12(18-11(14)19-20)21-9-5-4-8(3)10(6-9)13(15,16)17/h5,8-9,13,16-17,19H,6-7,10-12H2,1-4H3;4-7H,1-3H3/t16-,17+,19?;. The summed E-state index contributed by atoms with van der Waals surface area (Å²) in [7, 11) is 0. The molecule has 19 heteroatoms. The molecule has 5 aromatic rings. The lowest BCUT2D eigenvalue weighted by atomic mass is 9.82. The number of anilines is 1. The number of hydrogen-bond donors (Lipinski definition) is 0. The summed E-state index contributed by atoms with van der Waals surface area (Å²) in [6.07, 6.45) is -5.93. The van der Waals surface area contributed by atoms with Crippen molar-refractivity contribution < 1.29 is 40.3 Å². The van der Waals surface area contributed by atoms with E-state index in [1.54, 1.807) is 4.68 Å². The molecule has 4 heterocycles. The molecule has 0 N–H and O–H groups in total. The first kappa shape index (κ1) is 41.0. The molecule has 1 aliphatic heterocycles. The van der Waals surface area contributed by atoms with Crippen molar-refractivity contribution in [1.82, 2.24) is 39.7 Å². The molecule has 56 heavy (non-hydrogen) atoms. The van der Waals surface area contributed by atoms with Gasteiger partial charge in [-0.1, -0.05) is 17.3 Å². The van der Waals surface area contributed by atoms with E-state index in [0.717, 1.165) is 38.1 Å². The highest BCUT2D eigenvalue weighted by Crippen LogP contribution is 2.45. The Morgan fingerprint density at radius 3 is 1.71 bits per heavy atom. The van der Waals surface area contributed by atoms with Crippen molar-refractivity contribution >= 4 is 21.9 Å². The summed E-state index contributed by atoms with van der Waals surface area (Å²) >= 11 is 3.12. The van der Waals surface area contributed by atoms with Crippen molar-refractivity contribution in [2.45, 2.75) is 92.2 Å². The fraction of sp³-hybridized carbons (Fsp3) is 0.514. The van der Waals surface area contributed by atoms with Gasteiger partial charge in [0.15, 0.2) is 11.6 Å². The zero-order valence-corrected chi connectivity index (χ0v) is 33.4. The number of alkyl halides is 6. The monoisotopic (exact) mass is 853 g/mol. The van der Waals surface area contributed by atoms with Crippen molar-refractivity contribution in [1.29, 1.82) is 0 Å². The number of nitrogens with zero attached hydrogens (tertiary/aromatic N) is 9. The molecule has 0 amide bonds. The summed E-state index contributed by atoms with van der Waals surface area (Å²) in [5.74, 6) is 2.77. The second-order valence-electron chi connectivity index (χ2n) is 14.7. The van der Waals surface area contributed by atoms with Gasteiger partial charge in [-0.15, -0.1) is 5.10 Å². The average Bonchev–Trinajstić information content (AvgIpc) is 3.87. The number of halogens is 7. The van der Waals surface area contributed by atoms with Crippen LogP contribution in [0.1, 0.15) is 86.5 Å². The Labute approximate surface area is 327 Å². The van der Waals surface area contributed by atoms with Crippen LogP contribution in [0.3, 0.4) is 0 Å². The van der Waals surface area contributed by atoms with Gasteiger partial charge in [-0.25, -0.2) is 9.36 Å². The minimum absolute atomic E-state index is 0.0358. The third kappa shape index (κ3) is 9.29. The molecule has 2 bridgehead atoms. The number of benzene rings is 2. The van der Waals surface area contributed by atoms with Crippen molar-refractivity contribution in [2.75, 3.05) is 18.0 Å². The number of ether oxygens (including phenoxy) is 2. The van der Waals surface area contributed by atoms with E-state index in [1.165, 1.54) is 42.8 Å². The van der Waals surface area contributed by atoms with E-state index in [2.05, 4.69) is 51.1 Å². The molecule has 3 aromatic heterocycles. The zero-order chi connectivity index (χ0) is 40.7. The Kier molecular flexibility index (Phi) is 11.7. The molecule has 0 radical (unpaired) electrons. The fourth-order valence-electron chi connectivity index (χ4n) is 7.13. The maximum atomic E-state index is 13.4. The molecule has 12 nitrogen and oxygen atoms in total. The van der Waals surface area contributed by atoms with Gasteiger partial charge in [0.05, 0.1) is 23.2 Å². The highest BCUT2D eigenvalue weighted by Gasteiger charge is 2.44. The maximum absolute atomic E-state index is 13.4. The van der Waals surface area contributed by atoms with Gasteiger partial charge in [0.2, 0.25) is 4.73 Å². The van der Waals surface area contributed by atoms with Gasteiger partial charge in [-0.2, -0.15) is 46.4 Å². The van der Waals surface area contributed by atoms with Crippen molar-refractivity contribution in [3.63, 3.8) is 0 Å². The summed E-state index contributed by atoms with van der Waals surface area (Å²) in [6, 6.07) is 8.57. The summed E-state index contributed by atoms with van der Waals surface area (Å²) < 4.78 is 98.8. The van der Waals surface area contributed by atoms with Crippen LogP contribution in [0, 0.1) is 38.5 Å². The minimum atomic E-state index is -4.45. The van der Waals surface area contributed by atoms with Gasteiger partial charge >= 0.3 is 30.4 Å². The smallest absolute Gasteiger partial charge is 0.416 e. The molecule has 1 saturated heterocycles. The number of aromatic nitrogens is 8. The SMILES string of the molecule is Cc1ccc(Oc2nc(Br)nn2C(C)C)cc1C(F)(F)F.Cc1noc(N2C[C@H]3CC[C@@H](C2)C3Cc2nc(Oc3ccc(C)c(C(F)(F)F)c3)n(C(C)C)n2)n1. The maximum Gasteiger partial charge on any atom is 0.416 e. The van der Waals surface area contributed by atoms with Gasteiger partial charge in [-0.3, -0.25) is 0 Å². The number of piperidine rings is 1. The quantitative estimate of drug-likeness (QED) is 0.132. The molecule has 1 saturated carbocycles. The summed E-state index contributed by atoms with van der Waals surface area (Å²) in [5.41, 5.74) is -1.16. The summed E-state index contributed by atoms with van der Waals surface area (Å²) in [4.78, 5) is 15.2. The van der Waals surface area contributed by atoms with E-state index in [4.69, 9.17) is 14.0 Å². The third-order valence-corrected chi connectivity index (χ3v) is 10.2. The third-order valence-electron chi connectivity index (χ3n) is 9.88. The normalized spacial score (nSPS) is 18.4. The first-order valence-electron chi connectivity index (χ1n) is 18.1. The number of fused-ring (bicyclic) bond motifs is 2. The van der Waals surface area contributed by atoms with Gasteiger partial charge in [0.1, 0.15) is 11.5 Å². The molecular formula is C37H42BrF6N9O3. The van der Waals surface area contributed by atoms with Crippen LogP contribution in [0.2, 0.25) is 0 Å². The van der Waals surface area contributed by atoms with Crippen molar-refractivity contribution in [3.8, 4) is 23.5 Å². The van der Waals surface area contributed by atoms with E-state index in [1.807, 2.05) is 34.6 Å². The Morgan fingerprint density at radius 2 is 1.25 bits per heavy atom. The largest absolute Gasteiger partial charge is 0.424 e. The highest BCUT2D eigenvalue weighted by atomic mass is 79.9. The van der Waals surface area contributed by atoms with Gasteiger partial charge in [0.25, 0.3) is 0 Å². The molecule has 1 unspecified atom stereocenters. The van der Waals surface area contributed by atoms with Crippen molar-refractivity contribution in [3.05, 3.63) is 75.0 Å². The van der Waals surface area contributed by atoms with Gasteiger partial charge < -0.3 is 18.9 Å². The van der Waals surface area contributed by atoms with Gasteiger partial charge in [-0.05, 0) is 130 Å². The second kappa shape index (κ2) is 16.1. The van der Waals surface area contributed by atoms with Crippen LogP contribution in [0.15, 0.2) is 45.7 Å². The Bertz CT molecular complexity index is 2130. The Hall–Kier alpha value is -4.68. The first-order chi connectivity index (χ1) is 26.3. The van der Waals surface area contributed by atoms with E-state index in [0.29, 0.717) is 46.6 Å². The molecule has 7 rings (SSSR count). The number of aryl methyl sites for hydroxylation is 3. The van der Waals surface area contributed by atoms with Crippen LogP contribution in [0.4, 0.5) is 32.4 Å². The van der Waals surface area contributed by atoms with E-state index in [9.17, 15) is 26.3 Å². The Balaban J connectivity index is 0.000000217. The summed E-state index contributed by atoms with van der Waals surface area (Å²) in [6.45, 7) is 14.0. The summed E-state index contributed by atoms with van der Waals surface area (Å²) in [5, 5.41) is 12.6. The molecule has 302 valence electrons. The van der Waals surface area contributed by atoms with E-state index in [-0.39, 0.29) is 46.7 Å². The molecule has 0 spiro atoms. The van der Waals surface area contributed by atoms with Gasteiger partial charge in [0, 0.05) is 19.5 Å². The van der Waals surface area contributed by atoms with E-state index < -0.39 is 23.5 Å². The zero-order valence-electron chi connectivity index (χ0n) is 31.8. The number of hydrogen-bond acceptors (Lipinski definition) is 10. The van der Waals surface area contributed by atoms with Crippen LogP contribution >= 0.6 is 15.9 Å².